The summed E-state index contributed by atoms with van der Waals surface area (Å²) in [6.45, 7) is 4.83. The predicted octanol–water partition coefficient (Wildman–Crippen LogP) is 12.5. The lowest BCUT2D eigenvalue weighted by Gasteiger charge is -2.24. The van der Waals surface area contributed by atoms with E-state index in [1.165, 1.54) is 98.4 Å². The fraction of sp³-hybridized carbons (Fsp3) is 0.0667. The van der Waals surface area contributed by atoms with Crippen molar-refractivity contribution in [3.63, 3.8) is 0 Å². The number of hydrogen-bond acceptors (Lipinski definition) is 0. The Morgan fingerprint density at radius 2 is 0.933 bits per heavy atom. The van der Waals surface area contributed by atoms with Crippen molar-refractivity contribution in [2.45, 2.75) is 19.3 Å². The second-order valence-electron chi connectivity index (χ2n) is 13.4. The van der Waals surface area contributed by atoms with Crippen LogP contribution in [0.5, 0.6) is 0 Å². The summed E-state index contributed by atoms with van der Waals surface area (Å²) in [4.78, 5) is 0. The van der Waals surface area contributed by atoms with E-state index in [-0.39, 0.29) is 5.41 Å². The molecule has 45 heavy (non-hydrogen) atoms. The molecule has 0 amide bonds. The van der Waals surface area contributed by atoms with Crippen LogP contribution in [0.25, 0.3) is 87.2 Å². The van der Waals surface area contributed by atoms with Crippen LogP contribution in [-0.4, -0.2) is 0 Å². The van der Waals surface area contributed by atoms with Crippen molar-refractivity contribution >= 4 is 53.9 Å². The van der Waals surface area contributed by atoms with Gasteiger partial charge in [0.15, 0.2) is 0 Å². The van der Waals surface area contributed by atoms with Gasteiger partial charge < -0.3 is 0 Å². The Balaban J connectivity index is 1.29. The minimum atomic E-state index is -0.150. The molecule has 0 heteroatoms. The van der Waals surface area contributed by atoms with Gasteiger partial charge in [-0.1, -0.05) is 129 Å². The van der Waals surface area contributed by atoms with Crippen LogP contribution in [0.3, 0.4) is 0 Å². The molecule has 0 N–H and O–H groups in total. The lowest BCUT2D eigenvalue weighted by atomic mass is 9.79. The molecule has 1 aliphatic rings. The Bertz CT molecular complexity index is 2600. The van der Waals surface area contributed by atoms with Crippen LogP contribution in [0.4, 0.5) is 0 Å². The molecule has 9 aromatic carbocycles. The number of benzene rings is 9. The van der Waals surface area contributed by atoms with Crippen molar-refractivity contribution in [2.24, 2.45) is 0 Å². The highest BCUT2D eigenvalue weighted by Gasteiger charge is 2.39. The molecule has 0 unspecified atom stereocenters. The highest BCUT2D eigenvalue weighted by molar-refractivity contribution is 6.23. The van der Waals surface area contributed by atoms with Gasteiger partial charge in [-0.05, 0) is 129 Å². The minimum Gasteiger partial charge on any atom is -0.0616 e. The van der Waals surface area contributed by atoms with E-state index >= 15 is 0 Å². The molecule has 0 radical (unpaired) electrons. The van der Waals surface area contributed by atoms with Crippen molar-refractivity contribution in [1.82, 2.24) is 0 Å². The second kappa shape index (κ2) is 8.80. The fourth-order valence-electron chi connectivity index (χ4n) is 8.38. The number of hydrogen-bond donors (Lipinski definition) is 0. The molecule has 0 saturated heterocycles. The molecule has 0 saturated carbocycles. The van der Waals surface area contributed by atoms with E-state index in [0.29, 0.717) is 0 Å². The van der Waals surface area contributed by atoms with Crippen molar-refractivity contribution < 1.29 is 0 Å². The summed E-state index contributed by atoms with van der Waals surface area (Å²) in [5, 5.41) is 13.1. The van der Waals surface area contributed by atoms with Gasteiger partial charge >= 0.3 is 0 Å². The standard InChI is InChI=1S/C45H30/c1-45(2)40-26-36(35-23-33-18-15-29-11-7-12-30-16-19-34(24-35)42(33)41(29)30)25-39(32-17-14-27-8-3-4-10-31(27)22-32)43(40)38-21-20-28-9-5-6-13-37(28)44(38)45/h3-26H,1-2H3. The molecule has 0 aromatic heterocycles. The summed E-state index contributed by atoms with van der Waals surface area (Å²) in [7, 11) is 0. The Kier molecular flexibility index (Phi) is 4.88. The molecule has 0 aliphatic heterocycles. The maximum atomic E-state index is 2.49. The summed E-state index contributed by atoms with van der Waals surface area (Å²) in [6.07, 6.45) is 0. The third kappa shape index (κ3) is 3.43. The maximum absolute atomic E-state index is 2.49. The van der Waals surface area contributed by atoms with Gasteiger partial charge in [-0.15, -0.1) is 0 Å². The van der Waals surface area contributed by atoms with Gasteiger partial charge in [0.1, 0.15) is 0 Å². The number of fused-ring (bicyclic) bond motifs is 6. The molecule has 0 atom stereocenters. The predicted molar refractivity (Wildman–Crippen MR) is 194 cm³/mol. The monoisotopic (exact) mass is 570 g/mol. The zero-order valence-electron chi connectivity index (χ0n) is 25.4. The van der Waals surface area contributed by atoms with E-state index in [1.807, 2.05) is 0 Å². The lowest BCUT2D eigenvalue weighted by molar-refractivity contribution is 0.666. The molecule has 0 heterocycles. The average molecular weight is 571 g/mol. The SMILES string of the molecule is CC1(C)c2cc(-c3cc4ccc5cccc6ccc(c3)c4c56)cc(-c3ccc4ccccc4c3)c2-c2ccc3ccccc3c21. The van der Waals surface area contributed by atoms with E-state index in [1.54, 1.807) is 0 Å². The van der Waals surface area contributed by atoms with Crippen LogP contribution >= 0.6 is 0 Å². The van der Waals surface area contributed by atoms with Crippen LogP contribution in [0.1, 0.15) is 25.0 Å². The quantitative estimate of drug-likeness (QED) is 0.181. The molecule has 0 spiro atoms. The molecule has 0 bridgehead atoms. The summed E-state index contributed by atoms with van der Waals surface area (Å²) < 4.78 is 0. The second-order valence-corrected chi connectivity index (χ2v) is 13.4. The fourth-order valence-corrected chi connectivity index (χ4v) is 8.38. The van der Waals surface area contributed by atoms with Crippen molar-refractivity contribution in [3.05, 3.63) is 157 Å². The highest BCUT2D eigenvalue weighted by Crippen LogP contribution is 2.55. The molecular formula is C45H30. The minimum absolute atomic E-state index is 0.150. The zero-order chi connectivity index (χ0) is 29.9. The van der Waals surface area contributed by atoms with Crippen molar-refractivity contribution in [2.75, 3.05) is 0 Å². The van der Waals surface area contributed by atoms with Crippen molar-refractivity contribution in [1.29, 1.82) is 0 Å². The smallest absolute Gasteiger partial charge is 0.0165 e. The third-order valence-electron chi connectivity index (χ3n) is 10.5. The zero-order valence-corrected chi connectivity index (χ0v) is 25.4. The van der Waals surface area contributed by atoms with Gasteiger partial charge in [-0.2, -0.15) is 0 Å². The van der Waals surface area contributed by atoms with Gasteiger partial charge in [0, 0.05) is 5.41 Å². The van der Waals surface area contributed by atoms with Crippen LogP contribution in [0.15, 0.2) is 146 Å². The van der Waals surface area contributed by atoms with E-state index in [2.05, 4.69) is 159 Å². The summed E-state index contributed by atoms with van der Waals surface area (Å²) >= 11 is 0. The van der Waals surface area contributed by atoms with Crippen LogP contribution in [0, 0.1) is 0 Å². The van der Waals surface area contributed by atoms with Crippen LogP contribution < -0.4 is 0 Å². The highest BCUT2D eigenvalue weighted by atomic mass is 14.4. The first-order chi connectivity index (χ1) is 22.0. The normalized spacial score (nSPS) is 13.7. The van der Waals surface area contributed by atoms with E-state index < -0.39 is 0 Å². The first-order valence-corrected chi connectivity index (χ1v) is 15.9. The molecule has 9 aromatic rings. The van der Waals surface area contributed by atoms with E-state index in [0.717, 1.165) is 0 Å². The van der Waals surface area contributed by atoms with Gasteiger partial charge in [0.25, 0.3) is 0 Å². The molecule has 210 valence electrons. The molecule has 0 nitrogen and oxygen atoms in total. The number of rotatable bonds is 2. The summed E-state index contributed by atoms with van der Waals surface area (Å²) in [5.41, 5.74) is 10.5. The Morgan fingerprint density at radius 1 is 0.378 bits per heavy atom. The van der Waals surface area contributed by atoms with Gasteiger partial charge in [-0.3, -0.25) is 0 Å². The largest absolute Gasteiger partial charge is 0.0616 e. The molecule has 1 aliphatic carbocycles. The average Bonchev–Trinajstić information content (AvgIpc) is 3.32. The Morgan fingerprint density at radius 3 is 1.71 bits per heavy atom. The third-order valence-corrected chi connectivity index (χ3v) is 10.5. The van der Waals surface area contributed by atoms with Gasteiger partial charge in [0.2, 0.25) is 0 Å². The first-order valence-electron chi connectivity index (χ1n) is 15.9. The lowest BCUT2D eigenvalue weighted by Crippen LogP contribution is -2.15. The van der Waals surface area contributed by atoms with E-state index in [4.69, 9.17) is 0 Å². The molecular weight excluding hydrogens is 540 g/mol. The summed E-state index contributed by atoms with van der Waals surface area (Å²) in [5.74, 6) is 0. The van der Waals surface area contributed by atoms with Crippen LogP contribution in [-0.2, 0) is 5.41 Å². The molecule has 0 fully saturated rings. The summed E-state index contributed by atoms with van der Waals surface area (Å²) in [6, 6.07) is 54.7. The van der Waals surface area contributed by atoms with Crippen molar-refractivity contribution in [3.8, 4) is 33.4 Å². The van der Waals surface area contributed by atoms with Crippen LogP contribution in [0.2, 0.25) is 0 Å². The first kappa shape index (κ1) is 24.9. The topological polar surface area (TPSA) is 0 Å². The maximum Gasteiger partial charge on any atom is 0.0165 e. The van der Waals surface area contributed by atoms with Gasteiger partial charge in [-0.25, -0.2) is 0 Å². The Hall–Kier alpha value is -5.46. The molecule has 10 rings (SSSR count). The Labute approximate surface area is 262 Å². The van der Waals surface area contributed by atoms with E-state index in [9.17, 15) is 0 Å². The van der Waals surface area contributed by atoms with Gasteiger partial charge in [0.05, 0.1) is 0 Å².